The quantitative estimate of drug-likeness (QED) is 0.655. The number of hydrogen-bond acceptors (Lipinski definition) is 4. The Morgan fingerprint density at radius 1 is 1.08 bits per heavy atom. The number of para-hydroxylation sites is 1. The van der Waals surface area contributed by atoms with Crippen LogP contribution in [0.2, 0.25) is 0 Å². The molecule has 0 saturated carbocycles. The topological polar surface area (TPSA) is 51.2 Å². The fourth-order valence-corrected chi connectivity index (χ4v) is 3.01. The van der Waals surface area contributed by atoms with Crippen molar-refractivity contribution in [1.29, 1.82) is 0 Å². The van der Waals surface area contributed by atoms with Crippen molar-refractivity contribution >= 4 is 22.4 Å². The van der Waals surface area contributed by atoms with Crippen LogP contribution >= 0.6 is 11.3 Å². The molecular weight excluding hydrogens is 365 g/mol. The average molecular weight is 378 g/mol. The number of ether oxygens (including phenoxy) is 1. The Kier molecular flexibility index (Phi) is 5.52. The molecule has 0 aliphatic rings. The number of thiazole rings is 1. The van der Waals surface area contributed by atoms with Gasteiger partial charge in [0, 0.05) is 17.5 Å². The van der Waals surface area contributed by atoms with E-state index in [1.54, 1.807) is 24.3 Å². The first-order valence-corrected chi connectivity index (χ1v) is 8.39. The molecule has 0 unspecified atom stereocenters. The molecular formula is C18H13F3N2O2S. The first-order chi connectivity index (χ1) is 12.5. The van der Waals surface area contributed by atoms with Gasteiger partial charge in [0.1, 0.15) is 5.75 Å². The highest BCUT2D eigenvalue weighted by Crippen LogP contribution is 2.24. The van der Waals surface area contributed by atoms with Gasteiger partial charge < -0.3 is 4.74 Å². The first kappa shape index (κ1) is 17.9. The van der Waals surface area contributed by atoms with Gasteiger partial charge in [0.15, 0.2) is 29.2 Å². The zero-order chi connectivity index (χ0) is 18.5. The Labute approximate surface area is 151 Å². The summed E-state index contributed by atoms with van der Waals surface area (Å²) in [4.78, 5) is 16.5. The summed E-state index contributed by atoms with van der Waals surface area (Å²) < 4.78 is 45.3. The van der Waals surface area contributed by atoms with Gasteiger partial charge in [-0.2, -0.15) is 0 Å². The number of amides is 1. The molecule has 3 aromatic rings. The molecule has 0 spiro atoms. The van der Waals surface area contributed by atoms with Crippen LogP contribution in [0.4, 0.5) is 18.3 Å². The van der Waals surface area contributed by atoms with Crippen LogP contribution in [0.1, 0.15) is 10.4 Å². The van der Waals surface area contributed by atoms with Crippen molar-refractivity contribution in [3.8, 4) is 5.75 Å². The number of rotatable bonds is 6. The lowest BCUT2D eigenvalue weighted by atomic mass is 10.1. The van der Waals surface area contributed by atoms with Gasteiger partial charge in [0.25, 0.3) is 5.91 Å². The fraction of sp³-hybridized carbons (Fsp3) is 0.111. The van der Waals surface area contributed by atoms with E-state index in [0.717, 1.165) is 17.4 Å². The number of halogens is 3. The second kappa shape index (κ2) is 8.01. The first-order valence-electron chi connectivity index (χ1n) is 7.57. The minimum atomic E-state index is -1.50. The van der Waals surface area contributed by atoms with E-state index >= 15 is 0 Å². The predicted octanol–water partition coefficient (Wildman–Crippen LogP) is 4.17. The normalized spacial score (nSPS) is 10.6. The van der Waals surface area contributed by atoms with Crippen LogP contribution < -0.4 is 10.1 Å². The highest BCUT2D eigenvalue weighted by Gasteiger charge is 2.15. The Morgan fingerprint density at radius 3 is 2.62 bits per heavy atom. The van der Waals surface area contributed by atoms with Gasteiger partial charge in [-0.3, -0.25) is 10.1 Å². The van der Waals surface area contributed by atoms with Gasteiger partial charge in [-0.15, -0.1) is 11.3 Å². The third-order valence-electron chi connectivity index (χ3n) is 3.39. The molecule has 1 amide bonds. The summed E-state index contributed by atoms with van der Waals surface area (Å²) in [6.07, 6.45) is 1.48. The molecule has 2 aromatic carbocycles. The summed E-state index contributed by atoms with van der Waals surface area (Å²) in [6, 6.07) is 10.9. The van der Waals surface area contributed by atoms with Gasteiger partial charge in [0.2, 0.25) is 0 Å². The van der Waals surface area contributed by atoms with Crippen molar-refractivity contribution in [2.75, 3.05) is 11.9 Å². The van der Waals surface area contributed by atoms with Crippen molar-refractivity contribution in [3.05, 3.63) is 76.6 Å². The summed E-state index contributed by atoms with van der Waals surface area (Å²) in [7, 11) is 0. The Bertz CT molecular complexity index is 916. The van der Waals surface area contributed by atoms with Gasteiger partial charge in [0.05, 0.1) is 0 Å². The number of nitrogens with one attached hydrogen (secondary N) is 1. The number of aromatic nitrogens is 1. The molecule has 3 rings (SSSR count). The molecule has 0 radical (unpaired) electrons. The van der Waals surface area contributed by atoms with Gasteiger partial charge in [-0.05, 0) is 23.8 Å². The van der Waals surface area contributed by atoms with Crippen molar-refractivity contribution in [3.63, 3.8) is 0 Å². The van der Waals surface area contributed by atoms with E-state index in [1.807, 2.05) is 6.07 Å². The minimum absolute atomic E-state index is 0.0119. The van der Waals surface area contributed by atoms with E-state index in [1.165, 1.54) is 12.3 Å². The summed E-state index contributed by atoms with van der Waals surface area (Å²) in [5.74, 6) is -3.79. The zero-order valence-electron chi connectivity index (χ0n) is 13.3. The molecule has 0 aliphatic carbocycles. The lowest BCUT2D eigenvalue weighted by Gasteiger charge is -2.05. The van der Waals surface area contributed by atoms with Gasteiger partial charge in [-0.1, -0.05) is 24.3 Å². The van der Waals surface area contributed by atoms with Gasteiger partial charge >= 0.3 is 0 Å². The lowest BCUT2D eigenvalue weighted by Crippen LogP contribution is -2.19. The third kappa shape index (κ3) is 4.40. The Morgan fingerprint density at radius 2 is 1.85 bits per heavy atom. The van der Waals surface area contributed by atoms with Crippen LogP contribution in [0.3, 0.4) is 0 Å². The Balaban J connectivity index is 1.58. The smallest absolute Gasteiger partial charge is 0.264 e. The molecule has 0 fully saturated rings. The molecule has 8 heteroatoms. The SMILES string of the molecule is O=C(COc1ccccc1)Nc1ncc(Cc2ccc(F)c(F)c2F)s1. The van der Waals surface area contributed by atoms with E-state index in [2.05, 4.69) is 10.3 Å². The second-order valence-corrected chi connectivity index (χ2v) is 6.41. The number of benzene rings is 2. The molecule has 1 heterocycles. The summed E-state index contributed by atoms with van der Waals surface area (Å²) >= 11 is 1.11. The van der Waals surface area contributed by atoms with Gasteiger partial charge in [-0.25, -0.2) is 18.2 Å². The summed E-state index contributed by atoms with van der Waals surface area (Å²) in [6.45, 7) is -0.184. The van der Waals surface area contributed by atoms with Crippen LogP contribution in [0.25, 0.3) is 0 Å². The van der Waals surface area contributed by atoms with E-state index in [0.29, 0.717) is 15.8 Å². The molecule has 0 atom stereocenters. The van der Waals surface area contributed by atoms with E-state index in [-0.39, 0.29) is 18.6 Å². The minimum Gasteiger partial charge on any atom is -0.484 e. The van der Waals surface area contributed by atoms with Crippen LogP contribution in [0.15, 0.2) is 48.7 Å². The highest BCUT2D eigenvalue weighted by molar-refractivity contribution is 7.15. The van der Waals surface area contributed by atoms with Crippen molar-refractivity contribution in [2.45, 2.75) is 6.42 Å². The number of nitrogens with zero attached hydrogens (tertiary/aromatic N) is 1. The number of carbonyl (C=O) groups is 1. The van der Waals surface area contributed by atoms with E-state index in [9.17, 15) is 18.0 Å². The summed E-state index contributed by atoms with van der Waals surface area (Å²) in [5, 5.41) is 2.88. The maximum absolute atomic E-state index is 13.7. The summed E-state index contributed by atoms with van der Waals surface area (Å²) in [5.41, 5.74) is 0.0119. The number of hydrogen-bond donors (Lipinski definition) is 1. The maximum Gasteiger partial charge on any atom is 0.264 e. The highest BCUT2D eigenvalue weighted by atomic mass is 32.1. The van der Waals surface area contributed by atoms with Crippen LogP contribution in [0, 0.1) is 17.5 Å². The largest absolute Gasteiger partial charge is 0.484 e. The van der Waals surface area contributed by atoms with Crippen molar-refractivity contribution in [1.82, 2.24) is 4.98 Å². The molecule has 0 saturated heterocycles. The lowest BCUT2D eigenvalue weighted by molar-refractivity contribution is -0.118. The number of carbonyl (C=O) groups excluding carboxylic acids is 1. The molecule has 0 bridgehead atoms. The second-order valence-electron chi connectivity index (χ2n) is 5.29. The monoisotopic (exact) mass is 378 g/mol. The van der Waals surface area contributed by atoms with E-state index in [4.69, 9.17) is 4.74 Å². The molecule has 26 heavy (non-hydrogen) atoms. The molecule has 0 aliphatic heterocycles. The molecule has 1 aromatic heterocycles. The fourth-order valence-electron chi connectivity index (χ4n) is 2.16. The molecule has 4 nitrogen and oxygen atoms in total. The van der Waals surface area contributed by atoms with Crippen LogP contribution in [-0.2, 0) is 11.2 Å². The van der Waals surface area contributed by atoms with E-state index < -0.39 is 23.4 Å². The number of anilines is 1. The van der Waals surface area contributed by atoms with Crippen LogP contribution in [0.5, 0.6) is 5.75 Å². The van der Waals surface area contributed by atoms with Crippen LogP contribution in [-0.4, -0.2) is 17.5 Å². The zero-order valence-corrected chi connectivity index (χ0v) is 14.2. The predicted molar refractivity (Wildman–Crippen MR) is 91.8 cm³/mol. The van der Waals surface area contributed by atoms with Crippen molar-refractivity contribution < 1.29 is 22.7 Å². The Hall–Kier alpha value is -2.87. The molecule has 1 N–H and O–H groups in total. The third-order valence-corrected chi connectivity index (χ3v) is 4.31. The van der Waals surface area contributed by atoms with Crippen molar-refractivity contribution in [2.24, 2.45) is 0 Å². The molecule has 134 valence electrons. The average Bonchev–Trinajstić information content (AvgIpc) is 3.08. The maximum atomic E-state index is 13.7. The standard InChI is InChI=1S/C18H13F3N2O2S/c19-14-7-6-11(16(20)17(14)21)8-13-9-22-18(26-13)23-15(24)10-25-12-4-2-1-3-5-12/h1-7,9H,8,10H2,(H,22,23,24).